The van der Waals surface area contributed by atoms with Crippen molar-refractivity contribution in [1.29, 1.82) is 0 Å². The van der Waals surface area contributed by atoms with Crippen molar-refractivity contribution in [2.24, 2.45) is 0 Å². The number of rotatable bonds is 5. The molecule has 1 fully saturated rings. The Labute approximate surface area is 181 Å². The minimum Gasteiger partial charge on any atom is -0.392 e. The molecule has 5 heteroatoms. The van der Waals surface area contributed by atoms with Crippen LogP contribution in [-0.2, 0) is 0 Å². The molecule has 0 bridgehead atoms. The Bertz CT molecular complexity index is 1140. The maximum absolute atomic E-state index is 14.9. The number of aromatic amines is 1. The first-order valence-corrected chi connectivity index (χ1v) is 10.5. The summed E-state index contributed by atoms with van der Waals surface area (Å²) < 4.78 is 14.9. The number of benzene rings is 3. The quantitative estimate of drug-likeness (QED) is 0.482. The second-order valence-corrected chi connectivity index (χ2v) is 8.05. The van der Waals surface area contributed by atoms with E-state index in [-0.39, 0.29) is 18.0 Å². The molecular weight excluding hydrogens is 389 g/mol. The van der Waals surface area contributed by atoms with Gasteiger partial charge in [-0.25, -0.2) is 4.39 Å². The average molecular weight is 413 g/mol. The van der Waals surface area contributed by atoms with Gasteiger partial charge in [0.25, 0.3) is 0 Å². The summed E-state index contributed by atoms with van der Waals surface area (Å²) in [6, 6.07) is 23.4. The summed E-state index contributed by atoms with van der Waals surface area (Å²) in [6.07, 6.45) is 4.07. The van der Waals surface area contributed by atoms with Gasteiger partial charge in [0.2, 0.25) is 0 Å². The van der Waals surface area contributed by atoms with Gasteiger partial charge in [-0.1, -0.05) is 60.7 Å². The van der Waals surface area contributed by atoms with Gasteiger partial charge in [0.1, 0.15) is 5.82 Å². The fraction of sp³-hybridized carbons (Fsp3) is 0.192. The molecule has 0 amide bonds. The van der Waals surface area contributed by atoms with Gasteiger partial charge < -0.3 is 5.11 Å². The van der Waals surface area contributed by atoms with Crippen molar-refractivity contribution in [1.82, 2.24) is 15.1 Å². The van der Waals surface area contributed by atoms with Crippen LogP contribution in [0.25, 0.3) is 22.3 Å². The van der Waals surface area contributed by atoms with Crippen LogP contribution in [0.3, 0.4) is 0 Å². The van der Waals surface area contributed by atoms with Crippen LogP contribution in [0.15, 0.2) is 85.2 Å². The van der Waals surface area contributed by atoms with E-state index in [4.69, 9.17) is 0 Å². The number of nitrogens with zero attached hydrogens (tertiary/aromatic N) is 2. The lowest BCUT2D eigenvalue weighted by Gasteiger charge is -2.27. The van der Waals surface area contributed by atoms with Crippen LogP contribution < -0.4 is 0 Å². The minimum atomic E-state index is -0.333. The third kappa shape index (κ3) is 4.02. The average Bonchev–Trinajstić information content (AvgIpc) is 3.48. The van der Waals surface area contributed by atoms with Gasteiger partial charge in [-0.05, 0) is 40.8 Å². The largest absolute Gasteiger partial charge is 0.392 e. The van der Waals surface area contributed by atoms with Crippen LogP contribution in [0.2, 0.25) is 0 Å². The van der Waals surface area contributed by atoms with E-state index in [1.165, 1.54) is 6.07 Å². The molecule has 0 radical (unpaired) electrons. The topological polar surface area (TPSA) is 52.1 Å². The first-order chi connectivity index (χ1) is 15.2. The standard InChI is InChI=1S/C26H24FN3O/c27-25-11-10-21(26(22-15-28-29-16-22)30-13-12-23(31)17-30)14-24(25)20-8-6-19(7-9-20)18-4-2-1-3-5-18/h1-11,14-16,23,26,31H,12-13,17H2,(H,28,29). The summed E-state index contributed by atoms with van der Waals surface area (Å²) in [5.41, 5.74) is 5.64. The molecule has 1 saturated heterocycles. The Morgan fingerprint density at radius 3 is 2.35 bits per heavy atom. The number of aliphatic hydroxyl groups excluding tert-OH is 1. The number of likely N-dealkylation sites (tertiary alicyclic amines) is 1. The van der Waals surface area contributed by atoms with Crippen LogP contribution in [0.5, 0.6) is 0 Å². The fourth-order valence-corrected chi connectivity index (χ4v) is 4.43. The summed E-state index contributed by atoms with van der Waals surface area (Å²) >= 11 is 0. The van der Waals surface area contributed by atoms with Crippen molar-refractivity contribution in [2.75, 3.05) is 13.1 Å². The lowest BCUT2D eigenvalue weighted by molar-refractivity contribution is 0.167. The molecule has 0 saturated carbocycles. The zero-order valence-corrected chi connectivity index (χ0v) is 17.1. The molecule has 1 aliphatic rings. The second-order valence-electron chi connectivity index (χ2n) is 8.05. The van der Waals surface area contributed by atoms with Crippen molar-refractivity contribution >= 4 is 0 Å². The van der Waals surface area contributed by atoms with E-state index in [1.807, 2.05) is 60.8 Å². The van der Waals surface area contributed by atoms with Crippen molar-refractivity contribution in [3.63, 3.8) is 0 Å². The molecule has 4 nitrogen and oxygen atoms in total. The highest BCUT2D eigenvalue weighted by Gasteiger charge is 2.30. The molecule has 3 aromatic carbocycles. The zero-order valence-electron chi connectivity index (χ0n) is 17.1. The number of aromatic nitrogens is 2. The lowest BCUT2D eigenvalue weighted by Crippen LogP contribution is -2.28. The lowest BCUT2D eigenvalue weighted by atomic mass is 9.94. The summed E-state index contributed by atoms with van der Waals surface area (Å²) in [5, 5.41) is 17.1. The van der Waals surface area contributed by atoms with Crippen LogP contribution in [-0.4, -0.2) is 39.4 Å². The molecule has 0 spiro atoms. The van der Waals surface area contributed by atoms with Gasteiger partial charge in [-0.2, -0.15) is 5.10 Å². The SMILES string of the molecule is OC1CCN(C(c2cn[nH]c2)c2ccc(F)c(-c3ccc(-c4ccccc4)cc3)c2)C1. The first kappa shape index (κ1) is 19.7. The monoisotopic (exact) mass is 413 g/mol. The number of halogens is 1. The number of H-pyrrole nitrogens is 1. The molecule has 1 aliphatic heterocycles. The van der Waals surface area contributed by atoms with Crippen LogP contribution >= 0.6 is 0 Å². The Morgan fingerprint density at radius 1 is 0.935 bits per heavy atom. The third-order valence-corrected chi connectivity index (χ3v) is 6.00. The number of β-amino-alcohol motifs (C(OH)–C–C–N with tert-alkyl or cyclic N) is 1. The van der Waals surface area contributed by atoms with Gasteiger partial charge in [0.15, 0.2) is 0 Å². The highest BCUT2D eigenvalue weighted by molar-refractivity contribution is 5.71. The molecule has 2 unspecified atom stereocenters. The molecule has 31 heavy (non-hydrogen) atoms. The van der Waals surface area contributed by atoms with Crippen molar-refractivity contribution in [3.8, 4) is 22.3 Å². The van der Waals surface area contributed by atoms with Crippen LogP contribution in [0, 0.1) is 5.82 Å². The molecule has 0 aliphatic carbocycles. The van der Waals surface area contributed by atoms with E-state index in [2.05, 4.69) is 27.2 Å². The first-order valence-electron chi connectivity index (χ1n) is 10.5. The Balaban J connectivity index is 1.51. The Morgan fingerprint density at radius 2 is 1.68 bits per heavy atom. The number of nitrogens with one attached hydrogen (secondary N) is 1. The second kappa shape index (κ2) is 8.46. The predicted octanol–water partition coefficient (Wildman–Crippen LogP) is 5.04. The molecule has 156 valence electrons. The van der Waals surface area contributed by atoms with Crippen molar-refractivity contribution in [3.05, 3.63) is 102 Å². The number of aliphatic hydroxyl groups is 1. The van der Waals surface area contributed by atoms with Gasteiger partial charge in [0.05, 0.1) is 18.3 Å². The van der Waals surface area contributed by atoms with E-state index in [0.29, 0.717) is 12.1 Å². The summed E-state index contributed by atoms with van der Waals surface area (Å²) in [5.74, 6) is -0.247. The minimum absolute atomic E-state index is 0.0844. The highest BCUT2D eigenvalue weighted by Crippen LogP contribution is 2.35. The smallest absolute Gasteiger partial charge is 0.131 e. The summed E-state index contributed by atoms with van der Waals surface area (Å²) in [4.78, 5) is 2.23. The van der Waals surface area contributed by atoms with Gasteiger partial charge in [-0.3, -0.25) is 10.00 Å². The van der Waals surface area contributed by atoms with Gasteiger partial charge in [-0.15, -0.1) is 0 Å². The fourth-order valence-electron chi connectivity index (χ4n) is 4.43. The Kier molecular flexibility index (Phi) is 5.37. The summed E-state index contributed by atoms with van der Waals surface area (Å²) in [6.45, 7) is 1.38. The molecule has 2 N–H and O–H groups in total. The van der Waals surface area contributed by atoms with Gasteiger partial charge >= 0.3 is 0 Å². The predicted molar refractivity (Wildman–Crippen MR) is 120 cm³/mol. The van der Waals surface area contributed by atoms with Crippen molar-refractivity contribution in [2.45, 2.75) is 18.6 Å². The zero-order chi connectivity index (χ0) is 21.2. The summed E-state index contributed by atoms with van der Waals surface area (Å²) in [7, 11) is 0. The number of hydrogen-bond acceptors (Lipinski definition) is 3. The third-order valence-electron chi connectivity index (χ3n) is 6.00. The molecule has 2 atom stereocenters. The normalized spacial score (nSPS) is 17.7. The maximum atomic E-state index is 14.9. The molecular formula is C26H24FN3O. The van der Waals surface area contributed by atoms with E-state index < -0.39 is 0 Å². The Hall–Kier alpha value is -3.28. The van der Waals surface area contributed by atoms with E-state index in [0.717, 1.165) is 40.8 Å². The molecule has 2 heterocycles. The van der Waals surface area contributed by atoms with Crippen molar-refractivity contribution < 1.29 is 9.50 Å². The number of hydrogen-bond donors (Lipinski definition) is 2. The maximum Gasteiger partial charge on any atom is 0.131 e. The van der Waals surface area contributed by atoms with Crippen LogP contribution in [0.4, 0.5) is 4.39 Å². The molecule has 4 aromatic rings. The van der Waals surface area contributed by atoms with Gasteiger partial charge in [0, 0.05) is 30.4 Å². The van der Waals surface area contributed by atoms with E-state index >= 15 is 0 Å². The highest BCUT2D eigenvalue weighted by atomic mass is 19.1. The molecule has 1 aromatic heterocycles. The van der Waals surface area contributed by atoms with E-state index in [9.17, 15) is 9.50 Å². The van der Waals surface area contributed by atoms with E-state index in [1.54, 1.807) is 6.20 Å². The molecule has 5 rings (SSSR count). The van der Waals surface area contributed by atoms with Crippen LogP contribution in [0.1, 0.15) is 23.6 Å².